The molecular formula is C27H45N3O. The molecule has 0 aromatic carbocycles. The number of nitrogens with zero attached hydrogens (tertiary/aromatic N) is 3. The van der Waals surface area contributed by atoms with Crippen LogP contribution in [-0.2, 0) is 4.79 Å². The second kappa shape index (κ2) is 14.2. The first-order valence-corrected chi connectivity index (χ1v) is 11.9. The highest BCUT2D eigenvalue weighted by molar-refractivity contribution is 6.05. The van der Waals surface area contributed by atoms with E-state index in [9.17, 15) is 4.79 Å². The smallest absolute Gasteiger partial charge is 0.183 e. The van der Waals surface area contributed by atoms with Crippen molar-refractivity contribution < 1.29 is 4.79 Å². The lowest BCUT2D eigenvalue weighted by atomic mass is 9.79. The van der Waals surface area contributed by atoms with Crippen molar-refractivity contribution in [1.82, 2.24) is 14.7 Å². The van der Waals surface area contributed by atoms with Gasteiger partial charge in [0.25, 0.3) is 0 Å². The normalized spacial score (nSPS) is 19.3. The van der Waals surface area contributed by atoms with Gasteiger partial charge in [-0.05, 0) is 79.0 Å². The number of ketones is 1. The summed E-state index contributed by atoms with van der Waals surface area (Å²) in [5.74, 6) is 0.180. The van der Waals surface area contributed by atoms with Crippen LogP contribution in [0.1, 0.15) is 53.9 Å². The number of likely N-dealkylation sites (N-methyl/N-ethyl adjacent to an activating group) is 1. The van der Waals surface area contributed by atoms with Gasteiger partial charge in [-0.1, -0.05) is 49.8 Å². The molecule has 1 fully saturated rings. The maximum absolute atomic E-state index is 13.8. The van der Waals surface area contributed by atoms with Crippen LogP contribution in [0.3, 0.4) is 0 Å². The Morgan fingerprint density at radius 3 is 2.13 bits per heavy atom. The first-order valence-electron chi connectivity index (χ1n) is 11.9. The van der Waals surface area contributed by atoms with E-state index in [-0.39, 0.29) is 5.78 Å². The second-order valence-electron chi connectivity index (χ2n) is 8.49. The molecule has 1 rings (SSSR count). The molecule has 1 unspecified atom stereocenters. The van der Waals surface area contributed by atoms with E-state index < -0.39 is 5.54 Å². The zero-order valence-electron chi connectivity index (χ0n) is 21.0. The van der Waals surface area contributed by atoms with Crippen molar-refractivity contribution in [1.29, 1.82) is 0 Å². The van der Waals surface area contributed by atoms with Crippen molar-refractivity contribution in [2.75, 3.05) is 46.8 Å². The molecule has 4 nitrogen and oxygen atoms in total. The molecule has 1 atom stereocenters. The van der Waals surface area contributed by atoms with E-state index >= 15 is 0 Å². The zero-order valence-corrected chi connectivity index (χ0v) is 21.0. The lowest BCUT2D eigenvalue weighted by molar-refractivity contribution is -0.125. The number of piperazine rings is 1. The molecule has 4 heteroatoms. The van der Waals surface area contributed by atoms with E-state index in [0.717, 1.165) is 38.2 Å². The Hall–Kier alpha value is -1.91. The van der Waals surface area contributed by atoms with Gasteiger partial charge in [0.1, 0.15) is 0 Å². The minimum Gasteiger partial charge on any atom is -0.375 e. The molecule has 0 aromatic rings. The van der Waals surface area contributed by atoms with Crippen LogP contribution in [0.4, 0.5) is 0 Å². The van der Waals surface area contributed by atoms with Crippen molar-refractivity contribution in [3.63, 3.8) is 0 Å². The maximum atomic E-state index is 13.8. The van der Waals surface area contributed by atoms with E-state index in [1.54, 1.807) is 0 Å². The molecule has 0 N–H and O–H groups in total. The van der Waals surface area contributed by atoms with Crippen LogP contribution in [-0.4, -0.2) is 72.8 Å². The monoisotopic (exact) mass is 427 g/mol. The topological polar surface area (TPSA) is 26.8 Å². The van der Waals surface area contributed by atoms with Gasteiger partial charge in [0, 0.05) is 31.8 Å². The average Bonchev–Trinajstić information content (AvgIpc) is 2.77. The second-order valence-corrected chi connectivity index (χ2v) is 8.49. The number of carbonyl (C=O) groups excluding carboxylic acids is 1. The van der Waals surface area contributed by atoms with E-state index in [4.69, 9.17) is 0 Å². The summed E-state index contributed by atoms with van der Waals surface area (Å²) in [6.45, 7) is 15.9. The molecule has 1 heterocycles. The molecular weight excluding hydrogens is 382 g/mol. The molecule has 1 saturated heterocycles. The van der Waals surface area contributed by atoms with Crippen LogP contribution in [0.25, 0.3) is 0 Å². The predicted molar refractivity (Wildman–Crippen MR) is 135 cm³/mol. The van der Waals surface area contributed by atoms with Crippen LogP contribution < -0.4 is 0 Å². The Balaban J connectivity index is 3.08. The fourth-order valence-electron chi connectivity index (χ4n) is 4.23. The summed E-state index contributed by atoms with van der Waals surface area (Å²) in [6, 6.07) is 0. The highest BCUT2D eigenvalue weighted by atomic mass is 16.1. The summed E-state index contributed by atoms with van der Waals surface area (Å²) in [6.07, 6.45) is 19.0. The fourth-order valence-corrected chi connectivity index (χ4v) is 4.23. The number of rotatable bonds is 12. The van der Waals surface area contributed by atoms with Gasteiger partial charge in [0.15, 0.2) is 5.78 Å². The summed E-state index contributed by atoms with van der Waals surface area (Å²) in [5, 5.41) is 0. The van der Waals surface area contributed by atoms with Crippen LogP contribution >= 0.6 is 0 Å². The summed E-state index contributed by atoms with van der Waals surface area (Å²) in [7, 11) is 4.03. The van der Waals surface area contributed by atoms with E-state index in [0.29, 0.717) is 6.42 Å². The summed E-state index contributed by atoms with van der Waals surface area (Å²) < 4.78 is 0. The Morgan fingerprint density at radius 1 is 1.00 bits per heavy atom. The molecule has 0 aromatic heterocycles. The van der Waals surface area contributed by atoms with Crippen LogP contribution in [0.5, 0.6) is 0 Å². The molecule has 0 aliphatic carbocycles. The minimum atomic E-state index is -0.563. The SMILES string of the molecule is C/C=C\C(=C/C)CC(CC)(C(=O)C(/C=C\C)=C/C=C/N1CCN(CCC)CC1)N(C)C. The number of hydrogen-bond acceptors (Lipinski definition) is 4. The Morgan fingerprint density at radius 2 is 1.65 bits per heavy atom. The predicted octanol–water partition coefficient (Wildman–Crippen LogP) is 5.22. The minimum absolute atomic E-state index is 0.180. The van der Waals surface area contributed by atoms with Crippen molar-refractivity contribution in [3.8, 4) is 0 Å². The molecule has 0 radical (unpaired) electrons. The standard InChI is InChI=1S/C27H45N3O/c1-8-14-24(11-4)23-27(12-5,28(6)7)26(31)25(15-9-2)16-13-18-30-21-19-29(17-10-3)20-22-30/h8-9,11,13-16,18H,10,12,17,19-23H2,1-7H3/b14-8-,15-9-,18-13+,24-11+,25-16+. The third kappa shape index (κ3) is 7.93. The third-order valence-corrected chi connectivity index (χ3v) is 6.24. The first kappa shape index (κ1) is 27.1. The Kier molecular flexibility index (Phi) is 12.4. The number of Topliss-reactive ketones (excluding diaryl/α,β-unsaturated/α-hetero) is 1. The van der Waals surface area contributed by atoms with Crippen molar-refractivity contribution in [3.05, 3.63) is 59.9 Å². The van der Waals surface area contributed by atoms with Gasteiger partial charge in [-0.3, -0.25) is 14.6 Å². The highest BCUT2D eigenvalue weighted by Gasteiger charge is 2.39. The Bertz CT molecular complexity index is 691. The van der Waals surface area contributed by atoms with Gasteiger partial charge in [0.2, 0.25) is 0 Å². The van der Waals surface area contributed by atoms with Gasteiger partial charge in [-0.15, -0.1) is 0 Å². The highest BCUT2D eigenvalue weighted by Crippen LogP contribution is 2.31. The fraction of sp³-hybridized carbons (Fsp3) is 0.593. The van der Waals surface area contributed by atoms with Crippen molar-refractivity contribution in [2.45, 2.75) is 59.4 Å². The number of carbonyl (C=O) groups is 1. The molecule has 1 aliphatic heterocycles. The van der Waals surface area contributed by atoms with Crippen LogP contribution in [0.2, 0.25) is 0 Å². The van der Waals surface area contributed by atoms with Crippen molar-refractivity contribution >= 4 is 5.78 Å². The largest absolute Gasteiger partial charge is 0.375 e. The summed E-state index contributed by atoms with van der Waals surface area (Å²) in [4.78, 5) is 20.8. The van der Waals surface area contributed by atoms with Crippen LogP contribution in [0, 0.1) is 0 Å². The van der Waals surface area contributed by atoms with Gasteiger partial charge in [0.05, 0.1) is 5.54 Å². The lowest BCUT2D eigenvalue weighted by Gasteiger charge is -2.38. The molecule has 0 spiro atoms. The molecule has 0 bridgehead atoms. The van der Waals surface area contributed by atoms with Gasteiger partial charge in [-0.2, -0.15) is 0 Å². The molecule has 174 valence electrons. The maximum Gasteiger partial charge on any atom is 0.183 e. The number of allylic oxidation sites excluding steroid dienone is 7. The summed E-state index contributed by atoms with van der Waals surface area (Å²) in [5.41, 5.74) is 1.38. The molecule has 0 amide bonds. The van der Waals surface area contributed by atoms with Crippen molar-refractivity contribution in [2.24, 2.45) is 0 Å². The van der Waals surface area contributed by atoms with E-state index in [1.807, 2.05) is 65.2 Å². The molecule has 1 aliphatic rings. The van der Waals surface area contributed by atoms with E-state index in [2.05, 4.69) is 46.9 Å². The average molecular weight is 428 g/mol. The van der Waals surface area contributed by atoms with Crippen LogP contribution in [0.15, 0.2) is 59.9 Å². The van der Waals surface area contributed by atoms with Gasteiger partial charge >= 0.3 is 0 Å². The quantitative estimate of drug-likeness (QED) is 0.315. The van der Waals surface area contributed by atoms with Gasteiger partial charge < -0.3 is 4.90 Å². The summed E-state index contributed by atoms with van der Waals surface area (Å²) >= 11 is 0. The molecule has 31 heavy (non-hydrogen) atoms. The zero-order chi connectivity index (χ0) is 23.3. The number of hydrogen-bond donors (Lipinski definition) is 0. The third-order valence-electron chi connectivity index (χ3n) is 6.24. The molecule has 0 saturated carbocycles. The van der Waals surface area contributed by atoms with E-state index in [1.165, 1.54) is 18.5 Å². The Labute approximate surface area is 191 Å². The first-order chi connectivity index (χ1) is 14.9. The van der Waals surface area contributed by atoms with Gasteiger partial charge in [-0.25, -0.2) is 0 Å². The lowest BCUT2D eigenvalue weighted by Crippen LogP contribution is -2.51.